The average Bonchev–Trinajstić information content (AvgIpc) is 2.32. The van der Waals surface area contributed by atoms with E-state index in [1.165, 1.54) is 18.4 Å². The van der Waals surface area contributed by atoms with Crippen LogP contribution < -0.4 is 5.32 Å². The van der Waals surface area contributed by atoms with Gasteiger partial charge >= 0.3 is 0 Å². The molecule has 0 amide bonds. The van der Waals surface area contributed by atoms with Crippen LogP contribution >= 0.6 is 0 Å². The zero-order valence-electron chi connectivity index (χ0n) is 10.2. The van der Waals surface area contributed by atoms with E-state index in [-0.39, 0.29) is 11.6 Å². The topological polar surface area (TPSA) is 21.3 Å². The van der Waals surface area contributed by atoms with Crippen molar-refractivity contribution in [1.82, 2.24) is 5.32 Å². The van der Waals surface area contributed by atoms with Gasteiger partial charge in [0, 0.05) is 6.61 Å². The maximum Gasteiger partial charge on any atom is 0.0848 e. The van der Waals surface area contributed by atoms with Gasteiger partial charge in [-0.2, -0.15) is 0 Å². The molecule has 1 fully saturated rings. The lowest BCUT2D eigenvalue weighted by atomic mass is 9.84. The lowest BCUT2D eigenvalue weighted by molar-refractivity contribution is -0.0884. The first kappa shape index (κ1) is 11.6. The molecule has 1 heterocycles. The van der Waals surface area contributed by atoms with Gasteiger partial charge in [-0.1, -0.05) is 30.3 Å². The van der Waals surface area contributed by atoms with Crippen LogP contribution in [0, 0.1) is 0 Å². The predicted molar refractivity (Wildman–Crippen MR) is 66.5 cm³/mol. The number of nitrogens with one attached hydrogen (secondary N) is 1. The summed E-state index contributed by atoms with van der Waals surface area (Å²) in [5, 5.41) is 3.40. The van der Waals surface area contributed by atoms with E-state index in [1.807, 2.05) is 7.05 Å². The van der Waals surface area contributed by atoms with Crippen LogP contribution in [0.25, 0.3) is 0 Å². The van der Waals surface area contributed by atoms with E-state index in [1.54, 1.807) is 0 Å². The number of ether oxygens (including phenoxy) is 1. The number of likely N-dealkylation sites (N-methyl/N-ethyl adjacent to an activating group) is 1. The molecule has 1 aliphatic heterocycles. The lowest BCUT2D eigenvalue weighted by Gasteiger charge is -2.40. The van der Waals surface area contributed by atoms with Crippen molar-refractivity contribution in [3.8, 4) is 0 Å². The van der Waals surface area contributed by atoms with Crippen molar-refractivity contribution in [2.24, 2.45) is 0 Å². The maximum absolute atomic E-state index is 6.01. The van der Waals surface area contributed by atoms with Gasteiger partial charge in [0.15, 0.2) is 0 Å². The van der Waals surface area contributed by atoms with Crippen LogP contribution in [-0.2, 0) is 4.74 Å². The monoisotopic (exact) mass is 219 g/mol. The van der Waals surface area contributed by atoms with Crippen LogP contribution in [0.3, 0.4) is 0 Å². The molecule has 0 aromatic heterocycles. The smallest absolute Gasteiger partial charge is 0.0848 e. The quantitative estimate of drug-likeness (QED) is 0.844. The molecule has 0 spiro atoms. The van der Waals surface area contributed by atoms with E-state index >= 15 is 0 Å². The highest BCUT2D eigenvalue weighted by molar-refractivity contribution is 5.22. The third-order valence-corrected chi connectivity index (χ3v) is 3.53. The number of hydrogen-bond acceptors (Lipinski definition) is 2. The first-order chi connectivity index (χ1) is 7.76. The lowest BCUT2D eigenvalue weighted by Crippen LogP contribution is -2.44. The van der Waals surface area contributed by atoms with Gasteiger partial charge in [-0.05, 0) is 38.8 Å². The molecule has 0 saturated carbocycles. The molecule has 16 heavy (non-hydrogen) atoms. The zero-order valence-corrected chi connectivity index (χ0v) is 10.2. The summed E-state index contributed by atoms with van der Waals surface area (Å²) in [6.45, 7) is 3.11. The first-order valence-corrected chi connectivity index (χ1v) is 6.12. The highest BCUT2D eigenvalue weighted by Crippen LogP contribution is 2.36. The Morgan fingerprint density at radius 3 is 2.56 bits per heavy atom. The molecule has 2 rings (SSSR count). The molecule has 0 bridgehead atoms. The fourth-order valence-electron chi connectivity index (χ4n) is 2.65. The summed E-state index contributed by atoms with van der Waals surface area (Å²) < 4.78 is 6.01. The molecule has 2 heteroatoms. The van der Waals surface area contributed by atoms with E-state index in [0.29, 0.717) is 0 Å². The minimum atomic E-state index is -0.0612. The highest BCUT2D eigenvalue weighted by atomic mass is 16.5. The summed E-state index contributed by atoms with van der Waals surface area (Å²) in [7, 11) is 2.01. The summed E-state index contributed by atoms with van der Waals surface area (Å²) in [6, 6.07) is 10.9. The van der Waals surface area contributed by atoms with Gasteiger partial charge in [0.05, 0.1) is 11.6 Å². The molecule has 0 radical (unpaired) electrons. The minimum Gasteiger partial charge on any atom is -0.373 e. The second-order valence-electron chi connectivity index (χ2n) is 4.75. The molecule has 0 aliphatic carbocycles. The Kier molecular flexibility index (Phi) is 3.62. The van der Waals surface area contributed by atoms with Crippen molar-refractivity contribution >= 4 is 0 Å². The Hall–Kier alpha value is -0.860. The molecule has 2 atom stereocenters. The van der Waals surface area contributed by atoms with Gasteiger partial charge in [-0.25, -0.2) is 0 Å². The van der Waals surface area contributed by atoms with Crippen molar-refractivity contribution in [2.75, 3.05) is 13.7 Å². The fourth-order valence-corrected chi connectivity index (χ4v) is 2.65. The molecular formula is C14H21NO. The molecule has 1 aliphatic rings. The van der Waals surface area contributed by atoms with Crippen molar-refractivity contribution < 1.29 is 4.74 Å². The summed E-state index contributed by atoms with van der Waals surface area (Å²) >= 11 is 0. The van der Waals surface area contributed by atoms with Crippen LogP contribution in [0.4, 0.5) is 0 Å². The van der Waals surface area contributed by atoms with Crippen LogP contribution in [-0.4, -0.2) is 19.3 Å². The van der Waals surface area contributed by atoms with E-state index in [0.717, 1.165) is 13.0 Å². The van der Waals surface area contributed by atoms with Gasteiger partial charge in [0.1, 0.15) is 0 Å². The maximum atomic E-state index is 6.01. The van der Waals surface area contributed by atoms with Gasteiger partial charge in [0.25, 0.3) is 0 Å². The molecule has 2 unspecified atom stereocenters. The Labute approximate surface area is 98.0 Å². The van der Waals surface area contributed by atoms with Crippen LogP contribution in [0.5, 0.6) is 0 Å². The van der Waals surface area contributed by atoms with Crippen molar-refractivity contribution in [3.05, 3.63) is 35.9 Å². The molecule has 1 aromatic carbocycles. The third kappa shape index (κ3) is 2.28. The van der Waals surface area contributed by atoms with E-state index < -0.39 is 0 Å². The standard InChI is InChI=1S/C14H21NO/c1-14(10-6-7-11-16-14)13(15-2)12-8-4-3-5-9-12/h3-5,8-9,13,15H,6-7,10-11H2,1-2H3. The Morgan fingerprint density at radius 2 is 2.00 bits per heavy atom. The van der Waals surface area contributed by atoms with E-state index in [2.05, 4.69) is 42.6 Å². The summed E-state index contributed by atoms with van der Waals surface area (Å²) in [4.78, 5) is 0. The molecule has 1 N–H and O–H groups in total. The number of benzene rings is 1. The van der Waals surface area contributed by atoms with Crippen LogP contribution in [0.15, 0.2) is 30.3 Å². The highest BCUT2D eigenvalue weighted by Gasteiger charge is 2.36. The second kappa shape index (κ2) is 4.98. The summed E-state index contributed by atoms with van der Waals surface area (Å²) in [6.07, 6.45) is 3.59. The summed E-state index contributed by atoms with van der Waals surface area (Å²) in [5.74, 6) is 0. The first-order valence-electron chi connectivity index (χ1n) is 6.12. The Bertz CT molecular complexity index is 317. The Balaban J connectivity index is 2.21. The van der Waals surface area contributed by atoms with Gasteiger partial charge in [-0.3, -0.25) is 0 Å². The number of rotatable bonds is 3. The summed E-state index contributed by atoms with van der Waals surface area (Å²) in [5.41, 5.74) is 1.25. The largest absolute Gasteiger partial charge is 0.373 e. The van der Waals surface area contributed by atoms with Crippen molar-refractivity contribution in [2.45, 2.75) is 37.8 Å². The fraction of sp³-hybridized carbons (Fsp3) is 0.571. The van der Waals surface area contributed by atoms with E-state index in [4.69, 9.17) is 4.74 Å². The molecule has 1 saturated heterocycles. The molecule has 2 nitrogen and oxygen atoms in total. The normalized spacial score (nSPS) is 27.6. The van der Waals surface area contributed by atoms with Crippen molar-refractivity contribution in [1.29, 1.82) is 0 Å². The zero-order chi connectivity index (χ0) is 11.4. The Morgan fingerprint density at radius 1 is 1.25 bits per heavy atom. The molecular weight excluding hydrogens is 198 g/mol. The SMILES string of the molecule is CNC(c1ccccc1)C1(C)CCCCO1. The molecule has 1 aromatic rings. The second-order valence-corrected chi connectivity index (χ2v) is 4.75. The van der Waals surface area contributed by atoms with E-state index in [9.17, 15) is 0 Å². The molecule has 88 valence electrons. The van der Waals surface area contributed by atoms with Gasteiger partial charge in [0.2, 0.25) is 0 Å². The number of hydrogen-bond donors (Lipinski definition) is 1. The van der Waals surface area contributed by atoms with Gasteiger partial charge in [-0.15, -0.1) is 0 Å². The predicted octanol–water partition coefficient (Wildman–Crippen LogP) is 2.91. The van der Waals surface area contributed by atoms with Crippen LogP contribution in [0.2, 0.25) is 0 Å². The van der Waals surface area contributed by atoms with Gasteiger partial charge < -0.3 is 10.1 Å². The van der Waals surface area contributed by atoms with Crippen molar-refractivity contribution in [3.63, 3.8) is 0 Å². The third-order valence-electron chi connectivity index (χ3n) is 3.53. The van der Waals surface area contributed by atoms with Crippen LogP contribution in [0.1, 0.15) is 37.8 Å². The minimum absolute atomic E-state index is 0.0612. The average molecular weight is 219 g/mol.